The molecule has 1 aliphatic heterocycles. The fraction of sp³-hybridized carbons (Fsp3) is 0.292. The average molecular weight is 470 g/mol. The molecule has 1 amide bonds. The Bertz CT molecular complexity index is 1110. The smallest absolute Gasteiger partial charge is 0.327 e. The topological polar surface area (TPSA) is 62.7 Å². The quantitative estimate of drug-likeness (QED) is 0.517. The number of thiazole rings is 1. The molecule has 0 bridgehead atoms. The third-order valence-electron chi connectivity index (χ3n) is 5.61. The van der Waals surface area contributed by atoms with Crippen molar-refractivity contribution in [3.05, 3.63) is 75.8 Å². The molecule has 1 aromatic heterocycles. The molecule has 0 radical (unpaired) electrons. The highest BCUT2D eigenvalue weighted by atomic mass is 35.5. The fourth-order valence-corrected chi connectivity index (χ4v) is 4.87. The molecule has 2 heterocycles. The molecule has 0 N–H and O–H groups in total. The number of hydrogen-bond acceptors (Lipinski definition) is 6. The summed E-state index contributed by atoms with van der Waals surface area (Å²) in [5.41, 5.74) is 3.35. The van der Waals surface area contributed by atoms with Crippen molar-refractivity contribution in [3.8, 4) is 10.6 Å². The van der Waals surface area contributed by atoms with Gasteiger partial charge < -0.3 is 9.64 Å². The number of hydrogen-bond donors (Lipinski definition) is 0. The number of nitrogens with zero attached hydrogens (tertiary/aromatic N) is 3. The Labute approximate surface area is 196 Å². The molecule has 32 heavy (non-hydrogen) atoms. The monoisotopic (exact) mass is 469 g/mol. The van der Waals surface area contributed by atoms with E-state index in [2.05, 4.69) is 4.98 Å². The third-order valence-corrected chi connectivity index (χ3v) is 6.85. The lowest BCUT2D eigenvalue weighted by molar-refractivity contribution is -0.148. The Morgan fingerprint density at radius 3 is 2.41 bits per heavy atom. The number of amides is 1. The van der Waals surface area contributed by atoms with Gasteiger partial charge in [0.15, 0.2) is 0 Å². The largest absolute Gasteiger partial charge is 0.468 e. The molecule has 1 fully saturated rings. The van der Waals surface area contributed by atoms with E-state index in [-0.39, 0.29) is 11.9 Å². The van der Waals surface area contributed by atoms with Crippen LogP contribution >= 0.6 is 22.9 Å². The molecular formula is C24H24ClN3O3S. The van der Waals surface area contributed by atoms with Crippen LogP contribution in [-0.2, 0) is 9.53 Å². The molecule has 2 aromatic carbocycles. The SMILES string of the molecule is COC(=O)[C@H](c1ccccc1Cl)N1CCN(C(=O)c2csc(-c3ccc(C)cc3)n2)CC1. The Kier molecular flexibility index (Phi) is 6.89. The number of carbonyl (C=O) groups excluding carboxylic acids is 2. The first kappa shape index (κ1) is 22.5. The molecule has 1 saturated heterocycles. The number of methoxy groups -OCH3 is 1. The van der Waals surface area contributed by atoms with Crippen LogP contribution in [0.2, 0.25) is 5.02 Å². The van der Waals surface area contributed by atoms with E-state index in [1.807, 2.05) is 59.7 Å². The van der Waals surface area contributed by atoms with Crippen molar-refractivity contribution < 1.29 is 14.3 Å². The Morgan fingerprint density at radius 1 is 1.06 bits per heavy atom. The van der Waals surface area contributed by atoms with E-state index in [0.29, 0.717) is 42.5 Å². The molecule has 4 rings (SSSR count). The highest BCUT2D eigenvalue weighted by molar-refractivity contribution is 7.13. The number of halogens is 1. The van der Waals surface area contributed by atoms with Gasteiger partial charge >= 0.3 is 5.97 Å². The molecule has 8 heteroatoms. The predicted molar refractivity (Wildman–Crippen MR) is 126 cm³/mol. The maximum absolute atomic E-state index is 13.0. The van der Waals surface area contributed by atoms with Crippen molar-refractivity contribution in [2.24, 2.45) is 0 Å². The van der Waals surface area contributed by atoms with E-state index in [0.717, 1.165) is 10.6 Å². The summed E-state index contributed by atoms with van der Waals surface area (Å²) < 4.78 is 5.04. The minimum atomic E-state index is -0.599. The lowest BCUT2D eigenvalue weighted by Gasteiger charge is -2.38. The van der Waals surface area contributed by atoms with Crippen LogP contribution in [-0.4, -0.2) is 59.9 Å². The molecule has 1 aliphatic rings. The molecule has 6 nitrogen and oxygen atoms in total. The number of benzene rings is 2. The first-order valence-electron chi connectivity index (χ1n) is 10.4. The van der Waals surface area contributed by atoms with Crippen LogP contribution in [0.25, 0.3) is 10.6 Å². The van der Waals surface area contributed by atoms with Gasteiger partial charge in [-0.25, -0.2) is 9.78 Å². The van der Waals surface area contributed by atoms with Crippen molar-refractivity contribution in [1.29, 1.82) is 0 Å². The second kappa shape index (κ2) is 9.81. The maximum Gasteiger partial charge on any atom is 0.327 e. The number of rotatable bonds is 5. The summed E-state index contributed by atoms with van der Waals surface area (Å²) in [6.07, 6.45) is 0. The van der Waals surface area contributed by atoms with Crippen molar-refractivity contribution in [3.63, 3.8) is 0 Å². The fourth-order valence-electron chi connectivity index (χ4n) is 3.83. The van der Waals surface area contributed by atoms with Crippen molar-refractivity contribution in [2.75, 3.05) is 33.3 Å². The number of piperazine rings is 1. The first-order chi connectivity index (χ1) is 15.5. The van der Waals surface area contributed by atoms with Crippen LogP contribution in [0.1, 0.15) is 27.7 Å². The highest BCUT2D eigenvalue weighted by Crippen LogP contribution is 2.30. The zero-order valence-corrected chi connectivity index (χ0v) is 19.5. The maximum atomic E-state index is 13.0. The van der Waals surface area contributed by atoms with Gasteiger partial charge in [0, 0.05) is 42.1 Å². The molecule has 0 aliphatic carbocycles. The zero-order chi connectivity index (χ0) is 22.7. The van der Waals surface area contributed by atoms with Crippen molar-refractivity contribution >= 4 is 34.8 Å². The van der Waals surface area contributed by atoms with Crippen LogP contribution in [0.15, 0.2) is 53.9 Å². The second-order valence-electron chi connectivity index (χ2n) is 7.68. The van der Waals surface area contributed by atoms with Gasteiger partial charge in [0.1, 0.15) is 16.7 Å². The first-order valence-corrected chi connectivity index (χ1v) is 11.6. The minimum absolute atomic E-state index is 0.0911. The second-order valence-corrected chi connectivity index (χ2v) is 8.94. The van der Waals surface area contributed by atoms with Crippen LogP contribution in [0.5, 0.6) is 0 Å². The van der Waals surface area contributed by atoms with E-state index in [4.69, 9.17) is 16.3 Å². The van der Waals surface area contributed by atoms with E-state index in [1.54, 1.807) is 11.0 Å². The van der Waals surface area contributed by atoms with E-state index in [1.165, 1.54) is 24.0 Å². The molecule has 166 valence electrons. The van der Waals surface area contributed by atoms with Crippen molar-refractivity contribution in [1.82, 2.24) is 14.8 Å². The van der Waals surface area contributed by atoms with Gasteiger partial charge in [0.25, 0.3) is 5.91 Å². The summed E-state index contributed by atoms with van der Waals surface area (Å²) in [5, 5.41) is 3.16. The van der Waals surface area contributed by atoms with E-state index in [9.17, 15) is 9.59 Å². The highest BCUT2D eigenvalue weighted by Gasteiger charge is 2.34. The molecule has 3 aromatic rings. The number of aryl methyl sites for hydroxylation is 1. The summed E-state index contributed by atoms with van der Waals surface area (Å²) in [5.74, 6) is -0.452. The summed E-state index contributed by atoms with van der Waals surface area (Å²) in [4.78, 5) is 33.9. The summed E-state index contributed by atoms with van der Waals surface area (Å²) in [7, 11) is 1.37. The lowest BCUT2D eigenvalue weighted by atomic mass is 10.0. The minimum Gasteiger partial charge on any atom is -0.468 e. The molecular weight excluding hydrogens is 446 g/mol. The summed E-state index contributed by atoms with van der Waals surface area (Å²) in [6, 6.07) is 14.8. The number of ether oxygens (including phenoxy) is 1. The van der Waals surface area contributed by atoms with Crippen LogP contribution < -0.4 is 0 Å². The Morgan fingerprint density at radius 2 is 1.75 bits per heavy atom. The van der Waals surface area contributed by atoms with Gasteiger partial charge in [-0.3, -0.25) is 9.69 Å². The van der Waals surface area contributed by atoms with Gasteiger partial charge in [-0.1, -0.05) is 59.6 Å². The van der Waals surface area contributed by atoms with Crippen molar-refractivity contribution in [2.45, 2.75) is 13.0 Å². The predicted octanol–water partition coefficient (Wildman–Crippen LogP) is 4.44. The third kappa shape index (κ3) is 4.70. The van der Waals surface area contributed by atoms with E-state index < -0.39 is 6.04 Å². The normalized spacial score (nSPS) is 15.4. The van der Waals surface area contributed by atoms with Crippen LogP contribution in [0, 0.1) is 6.92 Å². The lowest BCUT2D eigenvalue weighted by Crippen LogP contribution is -2.51. The van der Waals surface area contributed by atoms with Gasteiger partial charge in [0.05, 0.1) is 7.11 Å². The number of carbonyl (C=O) groups is 2. The summed E-state index contributed by atoms with van der Waals surface area (Å²) in [6.45, 7) is 4.09. The molecule has 0 unspecified atom stereocenters. The van der Waals surface area contributed by atoms with Gasteiger partial charge in [0.2, 0.25) is 0 Å². The summed E-state index contributed by atoms with van der Waals surface area (Å²) >= 11 is 7.82. The van der Waals surface area contributed by atoms with Gasteiger partial charge in [-0.15, -0.1) is 11.3 Å². The number of esters is 1. The van der Waals surface area contributed by atoms with Gasteiger partial charge in [-0.05, 0) is 18.6 Å². The number of aromatic nitrogens is 1. The van der Waals surface area contributed by atoms with Crippen LogP contribution in [0.4, 0.5) is 0 Å². The molecule has 1 atom stereocenters. The zero-order valence-electron chi connectivity index (χ0n) is 18.0. The van der Waals surface area contributed by atoms with Gasteiger partial charge in [-0.2, -0.15) is 0 Å². The molecule has 0 spiro atoms. The van der Waals surface area contributed by atoms with E-state index >= 15 is 0 Å². The Hall–Kier alpha value is -2.74. The molecule has 0 saturated carbocycles. The van der Waals surface area contributed by atoms with Crippen LogP contribution in [0.3, 0.4) is 0 Å². The Balaban J connectivity index is 1.45. The standard InChI is InChI=1S/C24H24ClN3O3S/c1-16-7-9-17(10-8-16)22-26-20(15-32-22)23(29)28-13-11-27(12-14-28)21(24(30)31-2)18-5-3-4-6-19(18)25/h3-10,15,21H,11-14H2,1-2H3/t21-/m0/s1. The average Bonchev–Trinajstić information content (AvgIpc) is 3.31.